The Balaban J connectivity index is 1.89. The number of hydrogen-bond acceptors (Lipinski definition) is 3. The average molecular weight is 285 g/mol. The highest BCUT2D eigenvalue weighted by Gasteiger charge is 2.10. The fraction of sp³-hybridized carbons (Fsp3) is 0.250. The normalized spacial score (nSPS) is 11.5. The van der Waals surface area contributed by atoms with Crippen LogP contribution < -0.4 is 15.4 Å². The van der Waals surface area contributed by atoms with Crippen molar-refractivity contribution in [1.82, 2.24) is 10.3 Å². The Hall–Kier alpha value is -2.56. The molecular weight excluding hydrogens is 266 g/mol. The maximum atomic E-state index is 11.9. The molecule has 0 aliphatic carbocycles. The number of amides is 2. The summed E-state index contributed by atoms with van der Waals surface area (Å²) in [5, 5.41) is 5.62. The van der Waals surface area contributed by atoms with Gasteiger partial charge in [0.1, 0.15) is 5.75 Å². The molecule has 0 saturated carbocycles. The molecule has 0 fully saturated rings. The van der Waals surface area contributed by atoms with Crippen molar-refractivity contribution in [2.75, 3.05) is 11.9 Å². The minimum absolute atomic E-state index is 0.158. The van der Waals surface area contributed by atoms with Crippen molar-refractivity contribution in [3.8, 4) is 5.75 Å². The zero-order valence-electron chi connectivity index (χ0n) is 12.2. The fourth-order valence-corrected chi connectivity index (χ4v) is 1.87. The van der Waals surface area contributed by atoms with Crippen LogP contribution in [0, 0.1) is 0 Å². The van der Waals surface area contributed by atoms with Gasteiger partial charge in [0.15, 0.2) is 0 Å². The highest BCUT2D eigenvalue weighted by molar-refractivity contribution is 5.89. The molecule has 0 aliphatic rings. The number of nitrogens with one attached hydrogen (secondary N) is 2. The van der Waals surface area contributed by atoms with Crippen molar-refractivity contribution in [1.29, 1.82) is 0 Å². The lowest BCUT2D eigenvalue weighted by Crippen LogP contribution is -2.31. The van der Waals surface area contributed by atoms with Gasteiger partial charge in [-0.1, -0.05) is 6.07 Å². The van der Waals surface area contributed by atoms with Crippen LogP contribution in [0.3, 0.4) is 0 Å². The predicted molar refractivity (Wildman–Crippen MR) is 82.4 cm³/mol. The molecule has 1 atom stereocenters. The second-order valence-corrected chi connectivity index (χ2v) is 4.53. The van der Waals surface area contributed by atoms with E-state index in [0.717, 1.165) is 11.4 Å². The Morgan fingerprint density at radius 2 is 2.00 bits per heavy atom. The Bertz CT molecular complexity index is 570. The number of anilines is 1. The van der Waals surface area contributed by atoms with E-state index in [0.29, 0.717) is 12.3 Å². The van der Waals surface area contributed by atoms with E-state index in [4.69, 9.17) is 4.74 Å². The second kappa shape index (κ2) is 7.28. The van der Waals surface area contributed by atoms with E-state index in [1.807, 2.05) is 44.2 Å². The lowest BCUT2D eigenvalue weighted by Gasteiger charge is -2.14. The molecule has 1 aromatic heterocycles. The monoisotopic (exact) mass is 285 g/mol. The van der Waals surface area contributed by atoms with Gasteiger partial charge in [0.25, 0.3) is 0 Å². The van der Waals surface area contributed by atoms with Gasteiger partial charge in [-0.15, -0.1) is 0 Å². The Morgan fingerprint density at radius 3 is 2.62 bits per heavy atom. The summed E-state index contributed by atoms with van der Waals surface area (Å²) in [5.74, 6) is 0.783. The zero-order chi connectivity index (χ0) is 15.1. The zero-order valence-corrected chi connectivity index (χ0v) is 12.2. The molecule has 5 nitrogen and oxygen atoms in total. The minimum atomic E-state index is -0.266. The van der Waals surface area contributed by atoms with Gasteiger partial charge in [-0.3, -0.25) is 4.98 Å². The van der Waals surface area contributed by atoms with Crippen LogP contribution in [0.25, 0.3) is 0 Å². The predicted octanol–water partition coefficient (Wildman–Crippen LogP) is 3.36. The summed E-state index contributed by atoms with van der Waals surface area (Å²) in [7, 11) is 0. The molecule has 21 heavy (non-hydrogen) atoms. The molecule has 2 aromatic rings. The van der Waals surface area contributed by atoms with E-state index < -0.39 is 0 Å². The minimum Gasteiger partial charge on any atom is -0.494 e. The molecule has 1 aromatic carbocycles. The third-order valence-electron chi connectivity index (χ3n) is 2.90. The van der Waals surface area contributed by atoms with E-state index in [1.165, 1.54) is 0 Å². The molecule has 2 rings (SSSR count). The number of pyridine rings is 1. The smallest absolute Gasteiger partial charge is 0.319 e. The van der Waals surface area contributed by atoms with Crippen molar-refractivity contribution in [3.05, 3.63) is 54.4 Å². The van der Waals surface area contributed by atoms with Crippen molar-refractivity contribution < 1.29 is 9.53 Å². The van der Waals surface area contributed by atoms with Gasteiger partial charge < -0.3 is 15.4 Å². The molecule has 0 spiro atoms. The lowest BCUT2D eigenvalue weighted by atomic mass is 10.2. The topological polar surface area (TPSA) is 63.2 Å². The van der Waals surface area contributed by atoms with Gasteiger partial charge in [-0.05, 0) is 50.2 Å². The van der Waals surface area contributed by atoms with Gasteiger partial charge in [-0.2, -0.15) is 0 Å². The average Bonchev–Trinajstić information content (AvgIpc) is 2.50. The van der Waals surface area contributed by atoms with Gasteiger partial charge in [0.05, 0.1) is 18.3 Å². The number of benzene rings is 1. The molecule has 2 N–H and O–H groups in total. The second-order valence-electron chi connectivity index (χ2n) is 4.53. The number of ether oxygens (including phenoxy) is 1. The van der Waals surface area contributed by atoms with Crippen LogP contribution in [0.15, 0.2) is 48.7 Å². The maximum Gasteiger partial charge on any atom is 0.319 e. The van der Waals surface area contributed by atoms with Gasteiger partial charge in [-0.25, -0.2) is 4.79 Å². The molecule has 0 radical (unpaired) electrons. The van der Waals surface area contributed by atoms with Crippen molar-refractivity contribution in [2.45, 2.75) is 19.9 Å². The fourth-order valence-electron chi connectivity index (χ4n) is 1.87. The van der Waals surface area contributed by atoms with E-state index in [9.17, 15) is 4.79 Å². The highest BCUT2D eigenvalue weighted by Crippen LogP contribution is 2.16. The third kappa shape index (κ3) is 4.49. The molecule has 5 heteroatoms. The molecular formula is C16H19N3O2. The van der Waals surface area contributed by atoms with Crippen LogP contribution in [0.2, 0.25) is 0 Å². The summed E-state index contributed by atoms with van der Waals surface area (Å²) in [4.78, 5) is 16.1. The van der Waals surface area contributed by atoms with Gasteiger partial charge in [0.2, 0.25) is 0 Å². The summed E-state index contributed by atoms with van der Waals surface area (Å²) < 4.78 is 5.35. The summed E-state index contributed by atoms with van der Waals surface area (Å²) >= 11 is 0. The molecule has 1 heterocycles. The Labute approximate surface area is 124 Å². The van der Waals surface area contributed by atoms with Crippen LogP contribution in [0.1, 0.15) is 25.6 Å². The van der Waals surface area contributed by atoms with Crippen LogP contribution in [0.4, 0.5) is 10.5 Å². The van der Waals surface area contributed by atoms with Crippen LogP contribution in [0.5, 0.6) is 5.75 Å². The molecule has 2 amide bonds. The number of hydrogen-bond donors (Lipinski definition) is 2. The van der Waals surface area contributed by atoms with Crippen LogP contribution in [-0.4, -0.2) is 17.6 Å². The van der Waals surface area contributed by atoms with Crippen LogP contribution in [-0.2, 0) is 0 Å². The van der Waals surface area contributed by atoms with E-state index in [-0.39, 0.29) is 12.1 Å². The van der Waals surface area contributed by atoms with Crippen molar-refractivity contribution >= 4 is 11.7 Å². The van der Waals surface area contributed by atoms with Crippen molar-refractivity contribution in [3.63, 3.8) is 0 Å². The van der Waals surface area contributed by atoms with E-state index in [1.54, 1.807) is 18.3 Å². The standard InChI is InChI=1S/C16H19N3O2/c1-3-21-14-9-7-13(8-10-14)19-16(20)18-12(2)15-6-4-5-11-17-15/h4-12H,3H2,1-2H3,(H2,18,19,20)/t12-/m0/s1. The van der Waals surface area contributed by atoms with Gasteiger partial charge >= 0.3 is 6.03 Å². The summed E-state index contributed by atoms with van der Waals surface area (Å²) in [6, 6.07) is 12.4. The number of urea groups is 1. The number of carbonyl (C=O) groups is 1. The molecule has 0 bridgehead atoms. The number of nitrogens with zero attached hydrogens (tertiary/aromatic N) is 1. The maximum absolute atomic E-state index is 11.9. The van der Waals surface area contributed by atoms with Gasteiger partial charge in [0, 0.05) is 11.9 Å². The number of rotatable bonds is 5. The SMILES string of the molecule is CCOc1ccc(NC(=O)N[C@@H](C)c2ccccn2)cc1. The van der Waals surface area contributed by atoms with E-state index in [2.05, 4.69) is 15.6 Å². The summed E-state index contributed by atoms with van der Waals surface area (Å²) in [6.07, 6.45) is 1.71. The Morgan fingerprint density at radius 1 is 1.24 bits per heavy atom. The first-order valence-electron chi connectivity index (χ1n) is 6.90. The third-order valence-corrected chi connectivity index (χ3v) is 2.90. The summed E-state index contributed by atoms with van der Waals surface area (Å²) in [6.45, 7) is 4.44. The highest BCUT2D eigenvalue weighted by atomic mass is 16.5. The largest absolute Gasteiger partial charge is 0.494 e. The lowest BCUT2D eigenvalue weighted by molar-refractivity contribution is 0.249. The van der Waals surface area contributed by atoms with E-state index >= 15 is 0 Å². The quantitative estimate of drug-likeness (QED) is 0.885. The first-order valence-corrected chi connectivity index (χ1v) is 6.90. The first kappa shape index (κ1) is 14.8. The summed E-state index contributed by atoms with van der Waals surface area (Å²) in [5.41, 5.74) is 1.53. The molecule has 0 saturated heterocycles. The molecule has 0 unspecified atom stereocenters. The number of carbonyl (C=O) groups excluding carboxylic acids is 1. The molecule has 0 aliphatic heterocycles. The first-order chi connectivity index (χ1) is 10.2. The number of aromatic nitrogens is 1. The van der Waals surface area contributed by atoms with Crippen molar-refractivity contribution in [2.24, 2.45) is 0 Å². The molecule has 110 valence electrons. The Kier molecular flexibility index (Phi) is 5.15. The van der Waals surface area contributed by atoms with Crippen LogP contribution >= 0.6 is 0 Å².